The van der Waals surface area contributed by atoms with Crippen LogP contribution in [0, 0.1) is 0 Å². The first-order valence-corrected chi connectivity index (χ1v) is 8.49. The van der Waals surface area contributed by atoms with Crippen LogP contribution in [-0.4, -0.2) is 56.0 Å². The molecule has 0 aromatic heterocycles. The number of nitrogens with zero attached hydrogens (tertiary/aromatic N) is 2. The topological polar surface area (TPSA) is 83.7 Å². The molecule has 1 aromatic rings. The fraction of sp³-hybridized carbons (Fsp3) is 0.357. The maximum atomic E-state index is 12.0. The fourth-order valence-electron chi connectivity index (χ4n) is 2.12. The van der Waals surface area contributed by atoms with Gasteiger partial charge in [-0.3, -0.25) is 4.79 Å². The lowest BCUT2D eigenvalue weighted by molar-refractivity contribution is -0.127. The summed E-state index contributed by atoms with van der Waals surface area (Å²) >= 11 is 0. The second-order valence-corrected chi connectivity index (χ2v) is 6.97. The number of nitrogens with two attached hydrogens (primary N) is 1. The van der Waals surface area contributed by atoms with E-state index in [-0.39, 0.29) is 5.91 Å². The van der Waals surface area contributed by atoms with Crippen LogP contribution >= 0.6 is 0 Å². The SMILES string of the molecule is CS(=O)(=O)N1CCN(C(=O)/C=C/c2ccc(N)cc2)CC1. The lowest BCUT2D eigenvalue weighted by atomic mass is 10.2. The third-order valence-corrected chi connectivity index (χ3v) is 4.68. The van der Waals surface area contributed by atoms with Crippen LogP contribution < -0.4 is 5.73 Å². The molecule has 21 heavy (non-hydrogen) atoms. The summed E-state index contributed by atoms with van der Waals surface area (Å²) in [5.41, 5.74) is 7.17. The molecule has 7 heteroatoms. The molecule has 1 aliphatic heterocycles. The van der Waals surface area contributed by atoms with Gasteiger partial charge in [0.15, 0.2) is 0 Å². The van der Waals surface area contributed by atoms with Gasteiger partial charge in [0, 0.05) is 37.9 Å². The van der Waals surface area contributed by atoms with Gasteiger partial charge in [0.1, 0.15) is 0 Å². The first kappa shape index (κ1) is 15.5. The standard InChI is InChI=1S/C14H19N3O3S/c1-21(19,20)17-10-8-16(9-11-17)14(18)7-4-12-2-5-13(15)6-3-12/h2-7H,8-11,15H2,1H3/b7-4+. The molecular formula is C14H19N3O3S. The number of hydrogen-bond acceptors (Lipinski definition) is 4. The molecule has 1 saturated heterocycles. The molecule has 0 unspecified atom stereocenters. The van der Waals surface area contributed by atoms with Crippen LogP contribution in [0.15, 0.2) is 30.3 Å². The molecule has 1 aliphatic rings. The van der Waals surface area contributed by atoms with Gasteiger partial charge in [0.05, 0.1) is 6.26 Å². The van der Waals surface area contributed by atoms with Gasteiger partial charge in [-0.1, -0.05) is 12.1 Å². The minimum absolute atomic E-state index is 0.111. The van der Waals surface area contributed by atoms with Crippen molar-refractivity contribution < 1.29 is 13.2 Å². The molecule has 1 aromatic carbocycles. The highest BCUT2D eigenvalue weighted by molar-refractivity contribution is 7.88. The Labute approximate surface area is 124 Å². The number of nitrogen functional groups attached to an aromatic ring is 1. The molecule has 0 bridgehead atoms. The number of anilines is 1. The summed E-state index contributed by atoms with van der Waals surface area (Å²) in [6, 6.07) is 7.21. The fourth-order valence-corrected chi connectivity index (χ4v) is 2.95. The second kappa shape index (κ2) is 6.28. The van der Waals surface area contributed by atoms with Crippen molar-refractivity contribution in [1.82, 2.24) is 9.21 Å². The Balaban J connectivity index is 1.92. The van der Waals surface area contributed by atoms with Crippen molar-refractivity contribution in [1.29, 1.82) is 0 Å². The highest BCUT2D eigenvalue weighted by Gasteiger charge is 2.24. The van der Waals surface area contributed by atoms with Gasteiger partial charge in [-0.2, -0.15) is 4.31 Å². The summed E-state index contributed by atoms with van der Waals surface area (Å²) in [5, 5.41) is 0. The van der Waals surface area contributed by atoms with E-state index in [1.165, 1.54) is 16.6 Å². The van der Waals surface area contributed by atoms with E-state index >= 15 is 0 Å². The Morgan fingerprint density at radius 3 is 2.24 bits per heavy atom. The van der Waals surface area contributed by atoms with Crippen molar-refractivity contribution in [3.8, 4) is 0 Å². The van der Waals surface area contributed by atoms with E-state index in [2.05, 4.69) is 0 Å². The summed E-state index contributed by atoms with van der Waals surface area (Å²) in [6.45, 7) is 1.52. The van der Waals surface area contributed by atoms with E-state index in [0.717, 1.165) is 5.56 Å². The van der Waals surface area contributed by atoms with Gasteiger partial charge in [0.2, 0.25) is 15.9 Å². The molecule has 1 heterocycles. The number of piperazine rings is 1. The Bertz CT molecular complexity index is 630. The second-order valence-electron chi connectivity index (χ2n) is 4.99. The highest BCUT2D eigenvalue weighted by Crippen LogP contribution is 2.09. The zero-order valence-electron chi connectivity index (χ0n) is 11.9. The van der Waals surface area contributed by atoms with Crippen molar-refractivity contribution in [2.75, 3.05) is 38.2 Å². The average molecular weight is 309 g/mol. The number of benzene rings is 1. The van der Waals surface area contributed by atoms with Crippen LogP contribution in [-0.2, 0) is 14.8 Å². The summed E-state index contributed by atoms with van der Waals surface area (Å²) in [7, 11) is -3.17. The third kappa shape index (κ3) is 4.30. The van der Waals surface area contributed by atoms with E-state index in [1.807, 2.05) is 12.1 Å². The molecule has 0 aliphatic carbocycles. The molecule has 0 radical (unpaired) electrons. The summed E-state index contributed by atoms with van der Waals surface area (Å²) in [5.74, 6) is -0.111. The van der Waals surface area contributed by atoms with E-state index < -0.39 is 10.0 Å². The molecule has 114 valence electrons. The van der Waals surface area contributed by atoms with Crippen LogP contribution in [0.5, 0.6) is 0 Å². The number of rotatable bonds is 3. The Morgan fingerprint density at radius 2 is 1.71 bits per heavy atom. The molecule has 0 saturated carbocycles. The Hall–Kier alpha value is -1.86. The predicted octanol–water partition coefficient (Wildman–Crippen LogP) is 0.386. The molecule has 0 atom stereocenters. The van der Waals surface area contributed by atoms with Crippen LogP contribution in [0.2, 0.25) is 0 Å². The first-order chi connectivity index (χ1) is 9.86. The minimum atomic E-state index is -3.17. The third-order valence-electron chi connectivity index (χ3n) is 3.37. The Morgan fingerprint density at radius 1 is 1.14 bits per heavy atom. The van der Waals surface area contributed by atoms with E-state index in [1.54, 1.807) is 23.1 Å². The van der Waals surface area contributed by atoms with Crippen molar-refractivity contribution in [2.24, 2.45) is 0 Å². The largest absolute Gasteiger partial charge is 0.399 e. The quantitative estimate of drug-likeness (QED) is 0.646. The van der Waals surface area contributed by atoms with Crippen LogP contribution in [0.25, 0.3) is 6.08 Å². The summed E-state index contributed by atoms with van der Waals surface area (Å²) in [6.07, 6.45) is 4.41. The summed E-state index contributed by atoms with van der Waals surface area (Å²) in [4.78, 5) is 13.7. The lowest BCUT2D eigenvalue weighted by Gasteiger charge is -2.32. The number of hydrogen-bond donors (Lipinski definition) is 1. The van der Waals surface area contributed by atoms with Gasteiger partial charge in [0.25, 0.3) is 0 Å². The zero-order valence-corrected chi connectivity index (χ0v) is 12.7. The first-order valence-electron chi connectivity index (χ1n) is 6.64. The van der Waals surface area contributed by atoms with Crippen LogP contribution in [0.3, 0.4) is 0 Å². The number of carbonyl (C=O) groups is 1. The van der Waals surface area contributed by atoms with E-state index in [4.69, 9.17) is 5.73 Å². The monoisotopic (exact) mass is 309 g/mol. The van der Waals surface area contributed by atoms with Gasteiger partial charge < -0.3 is 10.6 Å². The van der Waals surface area contributed by atoms with Gasteiger partial charge in [-0.25, -0.2) is 8.42 Å². The zero-order chi connectivity index (χ0) is 15.5. The van der Waals surface area contributed by atoms with Gasteiger partial charge >= 0.3 is 0 Å². The molecule has 1 amide bonds. The van der Waals surface area contributed by atoms with Crippen molar-refractivity contribution in [2.45, 2.75) is 0 Å². The lowest BCUT2D eigenvalue weighted by Crippen LogP contribution is -2.49. The van der Waals surface area contributed by atoms with Crippen LogP contribution in [0.1, 0.15) is 5.56 Å². The maximum absolute atomic E-state index is 12.0. The van der Waals surface area contributed by atoms with E-state index in [0.29, 0.717) is 31.9 Å². The minimum Gasteiger partial charge on any atom is -0.399 e. The van der Waals surface area contributed by atoms with Crippen molar-refractivity contribution in [3.05, 3.63) is 35.9 Å². The molecule has 2 N–H and O–H groups in total. The molecule has 0 spiro atoms. The summed E-state index contributed by atoms with van der Waals surface area (Å²) < 4.78 is 24.2. The smallest absolute Gasteiger partial charge is 0.246 e. The average Bonchev–Trinajstić information content (AvgIpc) is 2.45. The number of sulfonamides is 1. The normalized spacial score (nSPS) is 17.3. The highest BCUT2D eigenvalue weighted by atomic mass is 32.2. The number of carbonyl (C=O) groups excluding carboxylic acids is 1. The van der Waals surface area contributed by atoms with Crippen LogP contribution in [0.4, 0.5) is 5.69 Å². The Kier molecular flexibility index (Phi) is 4.64. The molecule has 2 rings (SSSR count). The van der Waals surface area contributed by atoms with Crippen molar-refractivity contribution in [3.63, 3.8) is 0 Å². The van der Waals surface area contributed by atoms with Crippen molar-refractivity contribution >= 4 is 27.7 Å². The number of amides is 1. The molecular weight excluding hydrogens is 290 g/mol. The van der Waals surface area contributed by atoms with E-state index in [9.17, 15) is 13.2 Å². The predicted molar refractivity (Wildman–Crippen MR) is 82.9 cm³/mol. The molecule has 6 nitrogen and oxygen atoms in total. The molecule has 1 fully saturated rings. The van der Waals surface area contributed by atoms with Gasteiger partial charge in [-0.05, 0) is 23.8 Å². The maximum Gasteiger partial charge on any atom is 0.246 e. The van der Waals surface area contributed by atoms with Gasteiger partial charge in [-0.15, -0.1) is 0 Å².